The lowest BCUT2D eigenvalue weighted by Gasteiger charge is -2.36. The Hall–Kier alpha value is -1.06. The molecule has 0 atom stereocenters. The molecule has 0 saturated carbocycles. The molecule has 1 aromatic rings. The average molecular weight is 385 g/mol. The number of carbonyl (C=O) groups excluding carboxylic acids is 1. The highest BCUT2D eigenvalue weighted by Gasteiger charge is 2.20. The van der Waals surface area contributed by atoms with Crippen molar-refractivity contribution in [2.45, 2.75) is 11.3 Å². The summed E-state index contributed by atoms with van der Waals surface area (Å²) in [5, 5.41) is 5.07. The summed E-state index contributed by atoms with van der Waals surface area (Å²) in [6.45, 7) is 3.09. The summed E-state index contributed by atoms with van der Waals surface area (Å²) in [5.41, 5.74) is 6.31. The van der Waals surface area contributed by atoms with E-state index in [4.69, 9.17) is 10.9 Å². The van der Waals surface area contributed by atoms with E-state index in [0.29, 0.717) is 39.1 Å². The summed E-state index contributed by atoms with van der Waals surface area (Å²) in [4.78, 5) is 15.8. The van der Waals surface area contributed by atoms with Gasteiger partial charge in [0.1, 0.15) is 0 Å². The number of benzene rings is 1. The Kier molecular flexibility index (Phi) is 8.86. The lowest BCUT2D eigenvalue weighted by atomic mass is 10.2. The minimum Gasteiger partial charge on any atom is -0.368 e. The van der Waals surface area contributed by atoms with Crippen LogP contribution in [0.2, 0.25) is 0 Å². The van der Waals surface area contributed by atoms with Crippen LogP contribution in [0, 0.1) is 0 Å². The Labute approximate surface area is 148 Å². The molecule has 10 heteroatoms. The van der Waals surface area contributed by atoms with Crippen molar-refractivity contribution in [1.82, 2.24) is 4.90 Å². The van der Waals surface area contributed by atoms with Gasteiger partial charge in [-0.3, -0.25) is 4.79 Å². The summed E-state index contributed by atoms with van der Waals surface area (Å²) in [6, 6.07) is 6.46. The van der Waals surface area contributed by atoms with Gasteiger partial charge in [-0.2, -0.15) is 0 Å². The largest absolute Gasteiger partial charge is 0.368 e. The van der Waals surface area contributed by atoms with Crippen LogP contribution in [-0.2, 0) is 14.8 Å². The normalized spacial score (nSPS) is 14.7. The molecule has 1 heterocycles. The van der Waals surface area contributed by atoms with Gasteiger partial charge in [-0.25, -0.2) is 13.6 Å². The molecule has 0 bridgehead atoms. The van der Waals surface area contributed by atoms with Crippen molar-refractivity contribution in [2.75, 3.05) is 37.6 Å². The molecule has 1 aliphatic rings. The lowest BCUT2D eigenvalue weighted by Crippen LogP contribution is -2.49. The number of halogens is 2. The molecule has 0 aliphatic carbocycles. The van der Waals surface area contributed by atoms with Crippen LogP contribution in [0.25, 0.3) is 0 Å². The number of primary sulfonamides is 1. The van der Waals surface area contributed by atoms with Crippen molar-refractivity contribution < 1.29 is 13.2 Å². The number of nitrogens with zero attached hydrogens (tertiary/aromatic N) is 2. The Balaban J connectivity index is 0.00000242. The molecule has 1 fully saturated rings. The molecule has 7 nitrogen and oxygen atoms in total. The Bertz CT molecular complexity index is 602. The molecule has 2 rings (SSSR count). The molecule has 1 aromatic carbocycles. The van der Waals surface area contributed by atoms with Crippen molar-refractivity contribution in [3.8, 4) is 0 Å². The zero-order valence-corrected chi connectivity index (χ0v) is 15.0. The molecule has 132 valence electrons. The van der Waals surface area contributed by atoms with Crippen LogP contribution in [0.4, 0.5) is 5.69 Å². The molecule has 23 heavy (non-hydrogen) atoms. The number of piperazine rings is 1. The third-order valence-corrected chi connectivity index (χ3v) is 4.45. The first kappa shape index (κ1) is 21.9. The fraction of sp³-hybridized carbons (Fsp3) is 0.462. The zero-order valence-electron chi connectivity index (χ0n) is 12.6. The smallest absolute Gasteiger partial charge is 0.238 e. The van der Waals surface area contributed by atoms with E-state index in [1.807, 2.05) is 4.90 Å². The van der Waals surface area contributed by atoms with E-state index in [-0.39, 0.29) is 35.6 Å². The number of carbonyl (C=O) groups is 1. The van der Waals surface area contributed by atoms with E-state index >= 15 is 0 Å². The second kappa shape index (κ2) is 9.29. The van der Waals surface area contributed by atoms with Gasteiger partial charge in [0.25, 0.3) is 0 Å². The summed E-state index contributed by atoms with van der Waals surface area (Å²) in [6.07, 6.45) is 0.378. The highest BCUT2D eigenvalue weighted by atomic mass is 35.5. The fourth-order valence-corrected chi connectivity index (χ4v) is 2.86. The van der Waals surface area contributed by atoms with Gasteiger partial charge in [-0.05, 0) is 24.3 Å². The number of rotatable bonds is 4. The summed E-state index contributed by atoms with van der Waals surface area (Å²) >= 11 is 0. The topological polar surface area (TPSA) is 110 Å². The van der Waals surface area contributed by atoms with Crippen LogP contribution >= 0.6 is 24.8 Å². The van der Waals surface area contributed by atoms with Crippen molar-refractivity contribution in [1.29, 1.82) is 0 Å². The maximum Gasteiger partial charge on any atom is 0.238 e. The van der Waals surface area contributed by atoms with Gasteiger partial charge in [-0.1, -0.05) is 0 Å². The monoisotopic (exact) mass is 384 g/mol. The average Bonchev–Trinajstić information content (AvgIpc) is 2.47. The Morgan fingerprint density at radius 3 is 2.00 bits per heavy atom. The molecule has 0 unspecified atom stereocenters. The first-order valence-electron chi connectivity index (χ1n) is 6.77. The number of amides is 1. The van der Waals surface area contributed by atoms with Crippen molar-refractivity contribution in [2.24, 2.45) is 10.9 Å². The minimum atomic E-state index is -3.66. The minimum absolute atomic E-state index is 0. The standard InChI is InChI=1S/C13H20N4O3S.2ClH/c14-6-5-13(18)17-9-7-16(8-10-17)11-1-3-12(4-2-11)21(15,19)20;;/h1-4H,5-10,14H2,(H2,15,19,20);2*1H. The summed E-state index contributed by atoms with van der Waals surface area (Å²) in [7, 11) is -3.66. The van der Waals surface area contributed by atoms with E-state index in [1.54, 1.807) is 12.1 Å². The zero-order chi connectivity index (χ0) is 15.5. The molecule has 1 aliphatic heterocycles. The van der Waals surface area contributed by atoms with Gasteiger partial charge in [0.05, 0.1) is 4.90 Å². The highest BCUT2D eigenvalue weighted by molar-refractivity contribution is 7.89. The van der Waals surface area contributed by atoms with Crippen LogP contribution in [0.1, 0.15) is 6.42 Å². The van der Waals surface area contributed by atoms with Gasteiger partial charge in [0.2, 0.25) is 15.9 Å². The number of hydrogen-bond acceptors (Lipinski definition) is 5. The van der Waals surface area contributed by atoms with Crippen LogP contribution < -0.4 is 15.8 Å². The Morgan fingerprint density at radius 2 is 1.57 bits per heavy atom. The molecule has 4 N–H and O–H groups in total. The lowest BCUT2D eigenvalue weighted by molar-refractivity contribution is -0.131. The molecule has 1 amide bonds. The van der Waals surface area contributed by atoms with E-state index in [9.17, 15) is 13.2 Å². The second-order valence-corrected chi connectivity index (χ2v) is 6.51. The molecular formula is C13H22Cl2N4O3S. The fourth-order valence-electron chi connectivity index (χ4n) is 2.34. The van der Waals surface area contributed by atoms with Crippen LogP contribution in [0.3, 0.4) is 0 Å². The highest BCUT2D eigenvalue weighted by Crippen LogP contribution is 2.19. The van der Waals surface area contributed by atoms with E-state index < -0.39 is 10.0 Å². The predicted octanol–water partition coefficient (Wildman–Crippen LogP) is 0.175. The van der Waals surface area contributed by atoms with E-state index in [2.05, 4.69) is 4.90 Å². The van der Waals surface area contributed by atoms with Crippen LogP contribution in [0.5, 0.6) is 0 Å². The quantitative estimate of drug-likeness (QED) is 0.768. The van der Waals surface area contributed by atoms with E-state index in [1.165, 1.54) is 12.1 Å². The number of hydrogen-bond donors (Lipinski definition) is 2. The molecular weight excluding hydrogens is 363 g/mol. The molecule has 0 spiro atoms. The van der Waals surface area contributed by atoms with E-state index in [0.717, 1.165) is 5.69 Å². The molecule has 0 aromatic heterocycles. The number of sulfonamides is 1. The molecule has 0 radical (unpaired) electrons. The van der Waals surface area contributed by atoms with Crippen LogP contribution in [-0.4, -0.2) is 51.9 Å². The first-order valence-corrected chi connectivity index (χ1v) is 8.32. The van der Waals surface area contributed by atoms with Crippen molar-refractivity contribution in [3.05, 3.63) is 24.3 Å². The van der Waals surface area contributed by atoms with Crippen LogP contribution in [0.15, 0.2) is 29.2 Å². The maximum absolute atomic E-state index is 11.7. The summed E-state index contributed by atoms with van der Waals surface area (Å²) in [5.74, 6) is 0.0849. The van der Waals surface area contributed by atoms with Gasteiger partial charge in [0, 0.05) is 44.8 Å². The third-order valence-electron chi connectivity index (χ3n) is 3.52. The van der Waals surface area contributed by atoms with Crippen molar-refractivity contribution >= 4 is 46.4 Å². The van der Waals surface area contributed by atoms with Gasteiger partial charge >= 0.3 is 0 Å². The van der Waals surface area contributed by atoms with Gasteiger partial charge in [0.15, 0.2) is 0 Å². The second-order valence-electron chi connectivity index (χ2n) is 4.95. The van der Waals surface area contributed by atoms with Crippen molar-refractivity contribution in [3.63, 3.8) is 0 Å². The maximum atomic E-state index is 11.7. The third kappa shape index (κ3) is 5.82. The first-order chi connectivity index (χ1) is 9.91. The SMILES string of the molecule is Cl.Cl.NCCC(=O)N1CCN(c2ccc(S(N)(=O)=O)cc2)CC1. The predicted molar refractivity (Wildman–Crippen MR) is 94.8 cm³/mol. The number of nitrogens with two attached hydrogens (primary N) is 2. The Morgan fingerprint density at radius 1 is 1.04 bits per heavy atom. The molecule has 1 saturated heterocycles. The van der Waals surface area contributed by atoms with Gasteiger partial charge in [-0.15, -0.1) is 24.8 Å². The summed E-state index contributed by atoms with van der Waals surface area (Å²) < 4.78 is 22.4. The van der Waals surface area contributed by atoms with Gasteiger partial charge < -0.3 is 15.5 Å². The number of anilines is 1.